The molecule has 11 heteroatoms. The number of hydrogen-bond donors (Lipinski definition) is 2. The van der Waals surface area contributed by atoms with Gasteiger partial charge in [0.2, 0.25) is 16.0 Å². The van der Waals surface area contributed by atoms with Crippen molar-refractivity contribution in [1.29, 1.82) is 0 Å². The molecule has 0 bridgehead atoms. The van der Waals surface area contributed by atoms with Crippen LogP contribution in [-0.4, -0.2) is 72.2 Å². The minimum absolute atomic E-state index is 0.440. The molecule has 1 aliphatic rings. The van der Waals surface area contributed by atoms with E-state index in [4.69, 9.17) is 4.74 Å². The van der Waals surface area contributed by atoms with E-state index in [1.165, 1.54) is 10.6 Å². The van der Waals surface area contributed by atoms with Crippen LogP contribution in [0.25, 0.3) is 11.4 Å². The average Bonchev–Trinajstić information content (AvgIpc) is 3.18. The van der Waals surface area contributed by atoms with Gasteiger partial charge in [-0.1, -0.05) is 0 Å². The third kappa shape index (κ3) is 4.83. The number of methoxy groups -OCH3 is 1. The number of anilines is 3. The second kappa shape index (κ2) is 8.75. The van der Waals surface area contributed by atoms with E-state index in [2.05, 4.69) is 30.2 Å². The van der Waals surface area contributed by atoms with Crippen LogP contribution in [0, 0.1) is 13.8 Å². The maximum Gasteiger partial charge on any atom is 0.229 e. The van der Waals surface area contributed by atoms with Gasteiger partial charge in [-0.2, -0.15) is 9.29 Å². The Kier molecular flexibility index (Phi) is 6.02. The first-order valence-electron chi connectivity index (χ1n) is 10.3. The van der Waals surface area contributed by atoms with Gasteiger partial charge in [-0.3, -0.25) is 0 Å². The van der Waals surface area contributed by atoms with Crippen molar-refractivity contribution < 1.29 is 13.2 Å². The number of aromatic amines is 1. The highest BCUT2D eigenvalue weighted by molar-refractivity contribution is 7.88. The van der Waals surface area contributed by atoms with Crippen LogP contribution in [0.5, 0.6) is 5.75 Å². The second-order valence-corrected chi connectivity index (χ2v) is 9.75. The van der Waals surface area contributed by atoms with Crippen molar-refractivity contribution in [1.82, 2.24) is 24.2 Å². The average molecular weight is 458 g/mol. The summed E-state index contributed by atoms with van der Waals surface area (Å²) in [6, 6.07) is 7.64. The highest BCUT2D eigenvalue weighted by Crippen LogP contribution is 2.31. The number of nitrogens with zero attached hydrogens (tertiary/aromatic N) is 5. The fourth-order valence-corrected chi connectivity index (χ4v) is 4.49. The van der Waals surface area contributed by atoms with Gasteiger partial charge in [0.15, 0.2) is 0 Å². The number of nitrogens with one attached hydrogen (secondary N) is 2. The number of aromatic nitrogens is 4. The maximum absolute atomic E-state index is 11.8. The Hall–Kier alpha value is -3.18. The van der Waals surface area contributed by atoms with Crippen molar-refractivity contribution in [2.75, 3.05) is 49.8 Å². The molecule has 1 aliphatic heterocycles. The number of piperazine rings is 1. The summed E-state index contributed by atoms with van der Waals surface area (Å²) in [4.78, 5) is 18.9. The van der Waals surface area contributed by atoms with Crippen molar-refractivity contribution in [3.05, 3.63) is 41.9 Å². The van der Waals surface area contributed by atoms with E-state index in [1.54, 1.807) is 7.11 Å². The van der Waals surface area contributed by atoms with E-state index in [1.807, 2.05) is 44.3 Å². The molecule has 10 nitrogen and oxygen atoms in total. The van der Waals surface area contributed by atoms with Gasteiger partial charge >= 0.3 is 0 Å². The number of aryl methyl sites for hydroxylation is 2. The Morgan fingerprint density at radius 1 is 1.03 bits per heavy atom. The summed E-state index contributed by atoms with van der Waals surface area (Å²) in [6.45, 7) is 5.87. The first kappa shape index (κ1) is 22.0. The van der Waals surface area contributed by atoms with E-state index in [-0.39, 0.29) is 0 Å². The van der Waals surface area contributed by atoms with Crippen molar-refractivity contribution in [3.63, 3.8) is 0 Å². The molecule has 3 aromatic rings. The molecule has 2 aromatic heterocycles. The molecule has 0 radical (unpaired) electrons. The Morgan fingerprint density at radius 3 is 2.41 bits per heavy atom. The lowest BCUT2D eigenvalue weighted by atomic mass is 10.1. The molecule has 3 heterocycles. The summed E-state index contributed by atoms with van der Waals surface area (Å²) >= 11 is 0. The number of H-pyrrole nitrogens is 1. The minimum atomic E-state index is -3.17. The van der Waals surface area contributed by atoms with Crippen LogP contribution in [0.4, 0.5) is 17.5 Å². The Bertz CT molecular complexity index is 1220. The summed E-state index contributed by atoms with van der Waals surface area (Å²) < 4.78 is 30.6. The summed E-state index contributed by atoms with van der Waals surface area (Å²) in [5, 5.41) is 3.25. The molecule has 0 saturated carbocycles. The third-order valence-electron chi connectivity index (χ3n) is 5.29. The molecule has 32 heavy (non-hydrogen) atoms. The van der Waals surface area contributed by atoms with Crippen molar-refractivity contribution >= 4 is 27.5 Å². The van der Waals surface area contributed by atoms with Gasteiger partial charge in [-0.25, -0.2) is 18.4 Å². The van der Waals surface area contributed by atoms with Crippen LogP contribution in [0.1, 0.15) is 11.4 Å². The smallest absolute Gasteiger partial charge is 0.229 e. The lowest BCUT2D eigenvalue weighted by Gasteiger charge is -2.34. The molecular weight excluding hydrogens is 430 g/mol. The predicted molar refractivity (Wildman–Crippen MR) is 124 cm³/mol. The van der Waals surface area contributed by atoms with Gasteiger partial charge in [0.05, 0.1) is 24.6 Å². The Balaban J connectivity index is 1.53. The Labute approximate surface area is 187 Å². The second-order valence-electron chi connectivity index (χ2n) is 7.77. The topological polar surface area (TPSA) is 116 Å². The number of hydrogen-bond acceptors (Lipinski definition) is 8. The van der Waals surface area contributed by atoms with Gasteiger partial charge in [0, 0.05) is 55.9 Å². The molecule has 4 rings (SSSR count). The molecule has 170 valence electrons. The molecule has 1 saturated heterocycles. The van der Waals surface area contributed by atoms with Gasteiger partial charge in [0.25, 0.3) is 0 Å². The first-order valence-corrected chi connectivity index (χ1v) is 12.1. The number of imidazole rings is 1. The number of ether oxygens (including phenoxy) is 1. The lowest BCUT2D eigenvalue weighted by molar-refractivity contribution is 0.387. The van der Waals surface area contributed by atoms with Crippen LogP contribution < -0.4 is 15.0 Å². The summed E-state index contributed by atoms with van der Waals surface area (Å²) in [6.07, 6.45) is 3.09. The monoisotopic (exact) mass is 457 g/mol. The van der Waals surface area contributed by atoms with Crippen molar-refractivity contribution in [3.8, 4) is 17.1 Å². The standard InChI is InChI=1S/C21H27N7O3S/c1-14-11-19(27-7-9-28(10-8-27)32(4,29)30)26-21(24-14)25-16-5-6-17(18(12-16)31-3)20-22-13-15(2)23-20/h5-6,11-13H,7-10H2,1-4H3,(H,22,23)(H,24,25,26). The number of sulfonamides is 1. The number of rotatable bonds is 6. The molecule has 0 atom stereocenters. The quantitative estimate of drug-likeness (QED) is 0.579. The fourth-order valence-electron chi connectivity index (χ4n) is 3.66. The van der Waals surface area contributed by atoms with Gasteiger partial charge in [-0.05, 0) is 26.0 Å². The van der Waals surface area contributed by atoms with Crippen LogP contribution >= 0.6 is 0 Å². The zero-order valence-electron chi connectivity index (χ0n) is 18.6. The largest absolute Gasteiger partial charge is 0.496 e. The third-order valence-corrected chi connectivity index (χ3v) is 6.59. The zero-order valence-corrected chi connectivity index (χ0v) is 19.4. The SMILES string of the molecule is COc1cc(Nc2nc(C)cc(N3CCN(S(C)(=O)=O)CC3)n2)ccc1-c1nc(C)c[nH]1. The van der Waals surface area contributed by atoms with Gasteiger partial charge in [-0.15, -0.1) is 0 Å². The molecule has 1 fully saturated rings. The molecule has 2 N–H and O–H groups in total. The molecule has 0 spiro atoms. The fraction of sp³-hybridized carbons (Fsp3) is 0.381. The highest BCUT2D eigenvalue weighted by atomic mass is 32.2. The van der Waals surface area contributed by atoms with E-state index >= 15 is 0 Å². The number of benzene rings is 1. The minimum Gasteiger partial charge on any atom is -0.496 e. The molecule has 0 aliphatic carbocycles. The van der Waals surface area contributed by atoms with Crippen molar-refractivity contribution in [2.45, 2.75) is 13.8 Å². The Morgan fingerprint density at radius 2 is 1.78 bits per heavy atom. The van der Waals surface area contributed by atoms with Crippen LogP contribution in [0.15, 0.2) is 30.5 Å². The predicted octanol–water partition coefficient (Wildman–Crippen LogP) is 2.32. The van der Waals surface area contributed by atoms with E-state index in [0.29, 0.717) is 37.9 Å². The first-order chi connectivity index (χ1) is 15.2. The highest BCUT2D eigenvalue weighted by Gasteiger charge is 2.24. The normalized spacial score (nSPS) is 15.1. The summed E-state index contributed by atoms with van der Waals surface area (Å²) in [5.74, 6) is 2.65. The van der Waals surface area contributed by atoms with Crippen molar-refractivity contribution in [2.24, 2.45) is 0 Å². The molecule has 0 unspecified atom stereocenters. The molecule has 0 amide bonds. The summed E-state index contributed by atoms with van der Waals surface area (Å²) in [7, 11) is -1.55. The molecular formula is C21H27N7O3S. The van der Waals surface area contributed by atoms with Gasteiger partial charge < -0.3 is 19.9 Å². The molecule has 1 aromatic carbocycles. The zero-order chi connectivity index (χ0) is 22.9. The van der Waals surface area contributed by atoms with E-state index in [9.17, 15) is 8.42 Å². The maximum atomic E-state index is 11.8. The van der Waals surface area contributed by atoms with E-state index in [0.717, 1.165) is 34.3 Å². The van der Waals surface area contributed by atoms with Crippen LogP contribution in [-0.2, 0) is 10.0 Å². The van der Waals surface area contributed by atoms with Crippen LogP contribution in [0.2, 0.25) is 0 Å². The summed E-state index contributed by atoms with van der Waals surface area (Å²) in [5.41, 5.74) is 3.37. The lowest BCUT2D eigenvalue weighted by Crippen LogP contribution is -2.48. The van der Waals surface area contributed by atoms with Crippen LogP contribution in [0.3, 0.4) is 0 Å². The van der Waals surface area contributed by atoms with E-state index < -0.39 is 10.0 Å². The van der Waals surface area contributed by atoms with Gasteiger partial charge in [0.1, 0.15) is 17.4 Å².